The van der Waals surface area contributed by atoms with Crippen molar-refractivity contribution < 1.29 is 9.59 Å². The van der Waals surface area contributed by atoms with Crippen LogP contribution in [0.1, 0.15) is 23.1 Å². The molecule has 0 saturated carbocycles. The minimum atomic E-state index is -0.353. The van der Waals surface area contributed by atoms with Crippen LogP contribution >= 0.6 is 0 Å². The van der Waals surface area contributed by atoms with Crippen LogP contribution in [0.25, 0.3) is 33.0 Å². The molecule has 1 aliphatic heterocycles. The second-order valence-corrected chi connectivity index (χ2v) is 8.00. The maximum atomic E-state index is 13.0. The zero-order valence-corrected chi connectivity index (χ0v) is 17.6. The van der Waals surface area contributed by atoms with Gasteiger partial charge in [0.2, 0.25) is 0 Å². The van der Waals surface area contributed by atoms with Gasteiger partial charge in [0.05, 0.1) is 11.1 Å². The minimum Gasteiger partial charge on any atom is -0.361 e. The van der Waals surface area contributed by atoms with Gasteiger partial charge < -0.3 is 14.9 Å². The Hall–Kier alpha value is -3.64. The topological polar surface area (TPSA) is 78.9 Å². The van der Waals surface area contributed by atoms with E-state index in [1.807, 2.05) is 50.6 Å². The van der Waals surface area contributed by atoms with Crippen LogP contribution in [-0.4, -0.2) is 35.0 Å². The molecule has 4 aromatic rings. The quantitative estimate of drug-likeness (QED) is 0.334. The van der Waals surface area contributed by atoms with Gasteiger partial charge in [-0.25, -0.2) is 0 Å². The fraction of sp³-hybridized carbons (Fsp3) is 0.200. The Balaban J connectivity index is 1.76. The van der Waals surface area contributed by atoms with E-state index in [0.29, 0.717) is 11.1 Å². The number of rotatable bonds is 6. The van der Waals surface area contributed by atoms with E-state index in [2.05, 4.69) is 38.4 Å². The predicted octanol–water partition coefficient (Wildman–Crippen LogP) is 3.61. The number of aromatic amines is 1. The van der Waals surface area contributed by atoms with E-state index < -0.39 is 0 Å². The van der Waals surface area contributed by atoms with Crippen LogP contribution < -0.4 is 10.6 Å². The van der Waals surface area contributed by atoms with Crippen molar-refractivity contribution in [3.8, 4) is 0 Å². The van der Waals surface area contributed by atoms with Crippen molar-refractivity contribution in [2.45, 2.75) is 19.9 Å². The predicted molar refractivity (Wildman–Crippen MR) is 123 cm³/mol. The molecule has 6 heteroatoms. The number of H-pyrrole nitrogens is 1. The van der Waals surface area contributed by atoms with E-state index in [1.54, 1.807) is 0 Å². The number of aromatic nitrogens is 2. The molecule has 0 aliphatic carbocycles. The molecule has 0 bridgehead atoms. The van der Waals surface area contributed by atoms with Gasteiger partial charge in [0.15, 0.2) is 0 Å². The highest BCUT2D eigenvalue weighted by molar-refractivity contribution is 6.50. The van der Waals surface area contributed by atoms with Gasteiger partial charge in [0.1, 0.15) is 0 Å². The largest absolute Gasteiger partial charge is 0.361 e. The van der Waals surface area contributed by atoms with E-state index >= 15 is 0 Å². The van der Waals surface area contributed by atoms with Crippen LogP contribution in [0.5, 0.6) is 0 Å². The summed E-state index contributed by atoms with van der Waals surface area (Å²) in [4.78, 5) is 29.1. The van der Waals surface area contributed by atoms with Gasteiger partial charge in [-0.2, -0.15) is 0 Å². The van der Waals surface area contributed by atoms with E-state index in [0.717, 1.165) is 58.0 Å². The van der Waals surface area contributed by atoms with Gasteiger partial charge in [0, 0.05) is 51.9 Å². The van der Waals surface area contributed by atoms with Crippen LogP contribution in [0.3, 0.4) is 0 Å². The van der Waals surface area contributed by atoms with Gasteiger partial charge in [-0.05, 0) is 45.1 Å². The molecule has 31 heavy (non-hydrogen) atoms. The fourth-order valence-corrected chi connectivity index (χ4v) is 4.47. The molecule has 2 aromatic heterocycles. The monoisotopic (exact) mass is 412 g/mol. The number of carbonyl (C=O) groups is 2. The summed E-state index contributed by atoms with van der Waals surface area (Å²) in [5.41, 5.74) is 5.53. The van der Waals surface area contributed by atoms with Gasteiger partial charge >= 0.3 is 0 Å². The number of aryl methyl sites for hydroxylation is 2. The van der Waals surface area contributed by atoms with Crippen LogP contribution in [0.2, 0.25) is 0 Å². The van der Waals surface area contributed by atoms with Crippen LogP contribution in [0.15, 0.2) is 54.9 Å². The summed E-state index contributed by atoms with van der Waals surface area (Å²) in [6, 6.07) is 14.1. The zero-order chi connectivity index (χ0) is 21.5. The van der Waals surface area contributed by atoms with Crippen molar-refractivity contribution in [1.82, 2.24) is 20.2 Å². The second kappa shape index (κ2) is 7.56. The van der Waals surface area contributed by atoms with Crippen LogP contribution in [0.4, 0.5) is 0 Å². The minimum absolute atomic E-state index is 0.346. The molecule has 156 valence electrons. The maximum absolute atomic E-state index is 13.0. The Morgan fingerprint density at radius 2 is 1.74 bits per heavy atom. The van der Waals surface area contributed by atoms with Crippen molar-refractivity contribution in [2.75, 3.05) is 13.6 Å². The maximum Gasteiger partial charge on any atom is 0.259 e. The fourth-order valence-electron chi connectivity index (χ4n) is 4.47. The molecule has 0 spiro atoms. The molecule has 2 amide bonds. The van der Waals surface area contributed by atoms with Crippen LogP contribution in [-0.2, 0) is 16.1 Å². The Bertz CT molecular complexity index is 1370. The lowest BCUT2D eigenvalue weighted by atomic mass is 9.95. The molecule has 0 saturated heterocycles. The standard InChI is InChI=1S/C25H24N4O2/c1-15-8-9-21-17(12-15)19(14-29(21)11-5-10-26-2)23-22(24(30)28-25(23)31)18-13-27-20-7-4-3-6-16(18)20/h3-4,6-9,12-14,26-27H,5,10-11H2,1-2H3,(H,28,30,31). The highest BCUT2D eigenvalue weighted by Crippen LogP contribution is 2.38. The van der Waals surface area contributed by atoms with E-state index in [-0.39, 0.29) is 11.8 Å². The van der Waals surface area contributed by atoms with E-state index in [4.69, 9.17) is 0 Å². The number of hydrogen-bond donors (Lipinski definition) is 3. The third-order valence-electron chi connectivity index (χ3n) is 5.92. The lowest BCUT2D eigenvalue weighted by Crippen LogP contribution is -2.22. The number of amides is 2. The number of hydrogen-bond acceptors (Lipinski definition) is 3. The number of carbonyl (C=O) groups excluding carboxylic acids is 2. The Morgan fingerprint density at radius 3 is 2.55 bits per heavy atom. The van der Waals surface area contributed by atoms with Crippen LogP contribution in [0, 0.1) is 6.92 Å². The first-order valence-corrected chi connectivity index (χ1v) is 10.5. The molecule has 0 fully saturated rings. The molecule has 0 radical (unpaired) electrons. The average molecular weight is 412 g/mol. The summed E-state index contributed by atoms with van der Waals surface area (Å²) >= 11 is 0. The van der Waals surface area contributed by atoms with Gasteiger partial charge in [-0.15, -0.1) is 0 Å². The zero-order valence-electron chi connectivity index (χ0n) is 17.6. The van der Waals surface area contributed by atoms with Gasteiger partial charge in [-0.1, -0.05) is 29.8 Å². The SMILES string of the molecule is CNCCCn1cc(C2=C(c3c[nH]c4ccccc34)C(=O)NC2=O)c2cc(C)ccc21. The van der Waals surface area contributed by atoms with E-state index in [9.17, 15) is 9.59 Å². The summed E-state index contributed by atoms with van der Waals surface area (Å²) in [6.45, 7) is 3.77. The molecule has 0 atom stereocenters. The first kappa shape index (κ1) is 19.3. The lowest BCUT2D eigenvalue weighted by molar-refractivity contribution is -0.122. The molecule has 0 unspecified atom stereocenters. The van der Waals surface area contributed by atoms with Crippen molar-refractivity contribution in [3.05, 3.63) is 71.5 Å². The van der Waals surface area contributed by atoms with Gasteiger partial charge in [-0.3, -0.25) is 14.9 Å². The highest BCUT2D eigenvalue weighted by Gasteiger charge is 2.35. The third-order valence-corrected chi connectivity index (χ3v) is 5.92. The number of nitrogens with zero attached hydrogens (tertiary/aromatic N) is 1. The summed E-state index contributed by atoms with van der Waals surface area (Å²) < 4.78 is 2.18. The smallest absolute Gasteiger partial charge is 0.259 e. The summed E-state index contributed by atoms with van der Waals surface area (Å²) in [7, 11) is 1.94. The molecule has 2 aromatic carbocycles. The van der Waals surface area contributed by atoms with Crippen molar-refractivity contribution in [1.29, 1.82) is 0 Å². The molecule has 6 nitrogen and oxygen atoms in total. The molecule has 5 rings (SSSR count). The van der Waals surface area contributed by atoms with E-state index in [1.165, 1.54) is 0 Å². The first-order chi connectivity index (χ1) is 15.1. The number of para-hydroxylation sites is 1. The molecule has 3 N–H and O–H groups in total. The molecule has 3 heterocycles. The van der Waals surface area contributed by atoms with Crippen molar-refractivity contribution >= 4 is 44.8 Å². The second-order valence-electron chi connectivity index (χ2n) is 8.00. The highest BCUT2D eigenvalue weighted by atomic mass is 16.2. The third kappa shape index (κ3) is 3.16. The Morgan fingerprint density at radius 1 is 0.968 bits per heavy atom. The number of benzene rings is 2. The number of nitrogens with one attached hydrogen (secondary N) is 3. The molecular formula is C25H24N4O2. The number of imide groups is 1. The van der Waals surface area contributed by atoms with Crippen molar-refractivity contribution in [2.24, 2.45) is 0 Å². The lowest BCUT2D eigenvalue weighted by Gasteiger charge is -2.05. The van der Waals surface area contributed by atoms with Gasteiger partial charge in [0.25, 0.3) is 11.8 Å². The Kier molecular flexibility index (Phi) is 4.71. The normalized spacial score (nSPS) is 14.3. The van der Waals surface area contributed by atoms with Crippen molar-refractivity contribution in [3.63, 3.8) is 0 Å². The first-order valence-electron chi connectivity index (χ1n) is 10.5. The molecule has 1 aliphatic rings. The summed E-state index contributed by atoms with van der Waals surface area (Å²) in [6.07, 6.45) is 4.80. The molecular weight excluding hydrogens is 388 g/mol. The summed E-state index contributed by atoms with van der Waals surface area (Å²) in [5.74, 6) is -0.699. The average Bonchev–Trinajstić information content (AvgIpc) is 3.41. The Labute approximate surface area is 179 Å². The summed E-state index contributed by atoms with van der Waals surface area (Å²) in [5, 5.41) is 7.61. The number of fused-ring (bicyclic) bond motifs is 2.